The van der Waals surface area contributed by atoms with E-state index in [4.69, 9.17) is 37.4 Å². The van der Waals surface area contributed by atoms with Crippen LogP contribution >= 0.6 is 54.7 Å². The number of sulfone groups is 2. The third-order valence-corrected chi connectivity index (χ3v) is 8.39. The number of hydrogen-bond donors (Lipinski definition) is 1. The first kappa shape index (κ1) is 44.5. The van der Waals surface area contributed by atoms with Crippen LogP contribution in [0.1, 0.15) is 25.0 Å². The van der Waals surface area contributed by atoms with E-state index in [0.717, 1.165) is 48.6 Å². The highest BCUT2D eigenvalue weighted by Crippen LogP contribution is 2.35. The van der Waals surface area contributed by atoms with Gasteiger partial charge in [-0.3, -0.25) is 0 Å². The molecule has 49 heavy (non-hydrogen) atoms. The molecule has 0 aliphatic heterocycles. The third kappa shape index (κ3) is 15.1. The molecule has 0 spiro atoms. The SMILES string of the molecule is Br[B]Br.CCc1ccc(Oc2ccc(S(C)(=O)=O)cc2F)c(O)c1.CCc1ccc(Oc2ccc(S(C)(=O)=O)cc2F)c(OC)c1.ClCCl. The summed E-state index contributed by atoms with van der Waals surface area (Å²) in [5, 5.41) is 10.0. The Kier molecular flexibility index (Phi) is 19.6. The molecular weight excluding hydrogens is 856 g/mol. The van der Waals surface area contributed by atoms with Crippen LogP contribution in [0.15, 0.2) is 82.6 Å². The largest absolute Gasteiger partial charge is 0.504 e. The predicted octanol–water partition coefficient (Wildman–Crippen LogP) is 9.61. The Morgan fingerprint density at radius 1 is 0.673 bits per heavy atom. The van der Waals surface area contributed by atoms with Gasteiger partial charge in [0.1, 0.15) is 0 Å². The summed E-state index contributed by atoms with van der Waals surface area (Å²) in [6, 6.07) is 17.1. The molecule has 0 bridgehead atoms. The molecule has 0 unspecified atom stereocenters. The number of rotatable bonds is 9. The molecule has 0 aliphatic carbocycles. The lowest BCUT2D eigenvalue weighted by molar-refractivity contribution is 0.370. The van der Waals surface area contributed by atoms with Gasteiger partial charge >= 0.3 is 0 Å². The fourth-order valence-electron chi connectivity index (χ4n) is 3.71. The highest BCUT2D eigenvalue weighted by molar-refractivity contribution is 9.47. The van der Waals surface area contributed by atoms with Crippen molar-refractivity contribution in [2.45, 2.75) is 36.5 Å². The Morgan fingerprint density at radius 2 is 1.04 bits per heavy atom. The quantitative estimate of drug-likeness (QED) is 0.131. The van der Waals surface area contributed by atoms with E-state index in [2.05, 4.69) is 31.5 Å². The van der Waals surface area contributed by atoms with Gasteiger partial charge in [0.05, 0.1) is 22.2 Å². The Hall–Kier alpha value is -2.56. The van der Waals surface area contributed by atoms with Crippen LogP contribution in [0.4, 0.5) is 8.78 Å². The molecule has 0 aliphatic rings. The van der Waals surface area contributed by atoms with Crippen molar-refractivity contribution in [3.63, 3.8) is 0 Å². The second-order valence-corrected chi connectivity index (χ2v) is 16.6. The first-order valence-electron chi connectivity index (χ1n) is 14.0. The van der Waals surface area contributed by atoms with Gasteiger partial charge in [-0.15, -0.1) is 54.7 Å². The van der Waals surface area contributed by atoms with Gasteiger partial charge in [0.25, 0.3) is 4.93 Å². The molecule has 0 aromatic heterocycles. The molecule has 0 heterocycles. The average Bonchev–Trinajstić information content (AvgIpc) is 3.04. The molecule has 0 amide bonds. The number of aromatic hydroxyl groups is 1. The van der Waals surface area contributed by atoms with Crippen LogP contribution in [0.3, 0.4) is 0 Å². The standard InChI is InChI=1S/C16H17FO4S.C15H15FO4S.CH2Cl2.BBr2/c1-4-11-5-7-15(16(9-11)20-2)21-14-8-6-12(10-13(14)17)22(3,18)19;1-3-10-4-6-15(13(17)8-10)20-14-7-5-11(9-12(14)16)21(2,18)19;2*2-1-3/h5-10H,4H2,1-3H3;4-9,17H,3H2,1-2H3;1H2;. The molecule has 8 nitrogen and oxygen atoms in total. The lowest BCUT2D eigenvalue weighted by Gasteiger charge is -2.12. The first-order valence-corrected chi connectivity index (χ1v) is 20.6. The maximum atomic E-state index is 14.0. The number of aryl methyl sites for hydroxylation is 2. The first-order chi connectivity index (χ1) is 23.0. The molecular formula is C32H34BBr2Cl2F2O8S2. The van der Waals surface area contributed by atoms with Crippen molar-refractivity contribution < 1.29 is 44.9 Å². The van der Waals surface area contributed by atoms with Crippen molar-refractivity contribution in [3.05, 3.63) is 95.6 Å². The van der Waals surface area contributed by atoms with Crippen LogP contribution in [-0.2, 0) is 32.5 Å². The lowest BCUT2D eigenvalue weighted by Crippen LogP contribution is -1.99. The van der Waals surface area contributed by atoms with E-state index in [0.29, 0.717) is 11.5 Å². The summed E-state index contributed by atoms with van der Waals surface area (Å²) >= 11 is 15.4. The number of methoxy groups -OCH3 is 1. The van der Waals surface area contributed by atoms with Gasteiger partial charge in [0.15, 0.2) is 65.8 Å². The number of hydrogen-bond acceptors (Lipinski definition) is 8. The Labute approximate surface area is 313 Å². The molecule has 0 saturated heterocycles. The van der Waals surface area contributed by atoms with Crippen LogP contribution in [0, 0.1) is 11.6 Å². The number of halogens is 6. The Bertz CT molecular complexity index is 1890. The normalized spacial score (nSPS) is 10.6. The van der Waals surface area contributed by atoms with E-state index in [1.807, 2.05) is 26.0 Å². The zero-order valence-electron chi connectivity index (χ0n) is 27.0. The van der Waals surface area contributed by atoms with Crippen LogP contribution < -0.4 is 14.2 Å². The van der Waals surface area contributed by atoms with Crippen molar-refractivity contribution in [2.24, 2.45) is 0 Å². The molecule has 4 aromatic carbocycles. The summed E-state index contributed by atoms with van der Waals surface area (Å²) in [6.07, 6.45) is 3.62. The van der Waals surface area contributed by atoms with Crippen LogP contribution in [0.5, 0.6) is 34.5 Å². The van der Waals surface area contributed by atoms with Crippen LogP contribution in [0.25, 0.3) is 0 Å². The molecule has 1 N–H and O–H groups in total. The van der Waals surface area contributed by atoms with E-state index in [1.165, 1.54) is 43.5 Å². The molecule has 0 fully saturated rings. The molecule has 0 atom stereocenters. The van der Waals surface area contributed by atoms with E-state index in [1.54, 1.807) is 17.1 Å². The molecule has 1 radical (unpaired) electrons. The van der Waals surface area contributed by atoms with Crippen molar-refractivity contribution in [1.82, 2.24) is 0 Å². The number of alkyl halides is 2. The van der Waals surface area contributed by atoms with Crippen molar-refractivity contribution in [3.8, 4) is 34.5 Å². The molecule has 267 valence electrons. The Morgan fingerprint density at radius 3 is 1.39 bits per heavy atom. The van der Waals surface area contributed by atoms with E-state index in [-0.39, 0.29) is 38.1 Å². The van der Waals surface area contributed by atoms with Gasteiger partial charge in [-0.25, -0.2) is 25.6 Å². The summed E-state index contributed by atoms with van der Waals surface area (Å²) in [5.74, 6) is -0.894. The second kappa shape index (κ2) is 21.6. The molecule has 0 saturated carbocycles. The highest BCUT2D eigenvalue weighted by Gasteiger charge is 2.15. The van der Waals surface area contributed by atoms with E-state index < -0.39 is 31.3 Å². The van der Waals surface area contributed by atoms with Crippen molar-refractivity contribution >= 4 is 79.3 Å². The molecule has 4 aromatic rings. The van der Waals surface area contributed by atoms with E-state index in [9.17, 15) is 30.7 Å². The third-order valence-electron chi connectivity index (χ3n) is 6.17. The van der Waals surface area contributed by atoms with Gasteiger partial charge in [-0.1, -0.05) is 26.0 Å². The lowest BCUT2D eigenvalue weighted by atomic mass is 10.1. The molecule has 17 heteroatoms. The summed E-state index contributed by atoms with van der Waals surface area (Å²) in [7, 11) is -5.43. The van der Waals surface area contributed by atoms with Crippen molar-refractivity contribution in [2.75, 3.05) is 25.0 Å². The maximum Gasteiger partial charge on any atom is 0.294 e. The fraction of sp³-hybridized carbons (Fsp3) is 0.250. The van der Waals surface area contributed by atoms with Crippen molar-refractivity contribution in [1.29, 1.82) is 0 Å². The summed E-state index contributed by atoms with van der Waals surface area (Å²) in [5.41, 5.74) is 1.99. The van der Waals surface area contributed by atoms with Gasteiger partial charge < -0.3 is 19.3 Å². The van der Waals surface area contributed by atoms with Gasteiger partial charge in [-0.2, -0.15) is 0 Å². The zero-order chi connectivity index (χ0) is 37.4. The summed E-state index contributed by atoms with van der Waals surface area (Å²) in [6.45, 7) is 3.96. The number of phenols is 1. The minimum Gasteiger partial charge on any atom is -0.504 e. The Balaban J connectivity index is 0.000000423. The minimum absolute atomic E-state index is 0.0602. The smallest absolute Gasteiger partial charge is 0.294 e. The van der Waals surface area contributed by atoms with Crippen LogP contribution in [0.2, 0.25) is 0 Å². The average molecular weight is 890 g/mol. The number of ether oxygens (including phenoxy) is 3. The highest BCUT2D eigenvalue weighted by atomic mass is 79.9. The maximum absolute atomic E-state index is 14.0. The van der Waals surface area contributed by atoms with E-state index >= 15 is 0 Å². The van der Waals surface area contributed by atoms with Gasteiger partial charge in [0.2, 0.25) is 0 Å². The topological polar surface area (TPSA) is 116 Å². The number of benzene rings is 4. The minimum atomic E-state index is -3.48. The second-order valence-electron chi connectivity index (χ2n) is 9.61. The number of phenolic OH excluding ortho intramolecular Hbond substituents is 1. The molecule has 4 rings (SSSR count). The fourth-order valence-corrected chi connectivity index (χ4v) is 4.98. The van der Waals surface area contributed by atoms with Crippen LogP contribution in [-0.4, -0.2) is 51.8 Å². The zero-order valence-corrected chi connectivity index (χ0v) is 33.3. The van der Waals surface area contributed by atoms with Gasteiger partial charge in [-0.05, 0) is 84.6 Å². The summed E-state index contributed by atoms with van der Waals surface area (Å²) < 4.78 is 89.4. The van der Waals surface area contributed by atoms with Gasteiger partial charge in [0, 0.05) is 12.5 Å². The predicted molar refractivity (Wildman–Crippen MR) is 199 cm³/mol. The monoisotopic (exact) mass is 887 g/mol. The summed E-state index contributed by atoms with van der Waals surface area (Å²) in [4.78, 5) is 1.41.